The third kappa shape index (κ3) is 2.28. The van der Waals surface area contributed by atoms with E-state index in [1.165, 1.54) is 6.26 Å². The Labute approximate surface area is 117 Å². The molecule has 6 heteroatoms. The van der Waals surface area contributed by atoms with Gasteiger partial charge in [-0.25, -0.2) is 0 Å². The standard InChI is InChI=1S/C10H4Br3NO2/c11-5-3-7(13)8(14-4-5)9(15)10-6(12)1-2-16-10/h1-4H. The highest BCUT2D eigenvalue weighted by molar-refractivity contribution is 9.11. The van der Waals surface area contributed by atoms with E-state index in [2.05, 4.69) is 52.8 Å². The number of carbonyl (C=O) groups excluding carboxylic acids is 1. The molecule has 0 N–H and O–H groups in total. The van der Waals surface area contributed by atoms with Gasteiger partial charge in [0.15, 0.2) is 5.76 Å². The van der Waals surface area contributed by atoms with E-state index in [1.54, 1.807) is 18.3 Å². The highest BCUT2D eigenvalue weighted by Crippen LogP contribution is 2.25. The first-order valence-corrected chi connectivity index (χ1v) is 6.56. The van der Waals surface area contributed by atoms with Crippen LogP contribution >= 0.6 is 47.8 Å². The summed E-state index contributed by atoms with van der Waals surface area (Å²) in [7, 11) is 0. The number of rotatable bonds is 2. The Kier molecular flexibility index (Phi) is 3.61. The quantitative estimate of drug-likeness (QED) is 0.698. The second-order valence-corrected chi connectivity index (χ2v) is 5.54. The highest BCUT2D eigenvalue weighted by atomic mass is 79.9. The number of nitrogens with zero attached hydrogens (tertiary/aromatic N) is 1. The van der Waals surface area contributed by atoms with Crippen LogP contribution in [0, 0.1) is 0 Å². The topological polar surface area (TPSA) is 43.1 Å². The molecular weight excluding hydrogens is 406 g/mol. The van der Waals surface area contributed by atoms with Crippen molar-refractivity contribution in [3.05, 3.63) is 49.5 Å². The molecule has 3 nitrogen and oxygen atoms in total. The molecule has 0 aromatic carbocycles. The van der Waals surface area contributed by atoms with Gasteiger partial charge in [0.2, 0.25) is 5.78 Å². The predicted octanol–water partition coefficient (Wildman–Crippen LogP) is 4.19. The number of aromatic nitrogens is 1. The van der Waals surface area contributed by atoms with Gasteiger partial charge in [-0.05, 0) is 59.9 Å². The van der Waals surface area contributed by atoms with Crippen molar-refractivity contribution in [1.82, 2.24) is 4.98 Å². The van der Waals surface area contributed by atoms with Gasteiger partial charge in [0.25, 0.3) is 0 Å². The zero-order valence-electron chi connectivity index (χ0n) is 7.71. The summed E-state index contributed by atoms with van der Waals surface area (Å²) in [6.45, 7) is 0. The van der Waals surface area contributed by atoms with Gasteiger partial charge < -0.3 is 4.42 Å². The van der Waals surface area contributed by atoms with E-state index >= 15 is 0 Å². The zero-order chi connectivity index (χ0) is 11.7. The fourth-order valence-electron chi connectivity index (χ4n) is 1.14. The van der Waals surface area contributed by atoms with E-state index in [-0.39, 0.29) is 11.5 Å². The third-order valence-electron chi connectivity index (χ3n) is 1.85. The van der Waals surface area contributed by atoms with E-state index in [4.69, 9.17) is 4.42 Å². The first kappa shape index (κ1) is 12.0. The average Bonchev–Trinajstić information content (AvgIpc) is 2.63. The number of hydrogen-bond donors (Lipinski definition) is 0. The Hall–Kier alpha value is -0.460. The molecule has 2 aromatic heterocycles. The van der Waals surface area contributed by atoms with Crippen LogP contribution in [-0.4, -0.2) is 10.8 Å². The molecule has 0 saturated heterocycles. The van der Waals surface area contributed by atoms with Crippen LogP contribution in [0.15, 0.2) is 42.4 Å². The maximum Gasteiger partial charge on any atom is 0.248 e. The van der Waals surface area contributed by atoms with Gasteiger partial charge in [-0.1, -0.05) is 0 Å². The second kappa shape index (κ2) is 4.81. The Morgan fingerprint density at radius 3 is 2.56 bits per heavy atom. The number of carbonyl (C=O) groups is 1. The molecule has 0 fully saturated rings. The van der Waals surface area contributed by atoms with Gasteiger partial charge in [0.1, 0.15) is 5.69 Å². The average molecular weight is 410 g/mol. The van der Waals surface area contributed by atoms with Gasteiger partial charge in [0, 0.05) is 15.1 Å². The Balaban J connectivity index is 2.46. The van der Waals surface area contributed by atoms with Gasteiger partial charge in [-0.2, -0.15) is 0 Å². The molecule has 2 rings (SSSR count). The van der Waals surface area contributed by atoms with Crippen LogP contribution in [0.1, 0.15) is 16.2 Å². The van der Waals surface area contributed by atoms with Crippen LogP contribution in [0.3, 0.4) is 0 Å². The summed E-state index contributed by atoms with van der Waals surface area (Å²) in [4.78, 5) is 16.1. The molecule has 16 heavy (non-hydrogen) atoms. The number of hydrogen-bond acceptors (Lipinski definition) is 3. The van der Waals surface area contributed by atoms with Crippen molar-refractivity contribution in [2.45, 2.75) is 0 Å². The molecule has 82 valence electrons. The molecule has 0 amide bonds. The third-order valence-corrected chi connectivity index (χ3v) is 3.51. The van der Waals surface area contributed by atoms with E-state index in [9.17, 15) is 4.79 Å². The van der Waals surface area contributed by atoms with Gasteiger partial charge in [-0.3, -0.25) is 9.78 Å². The van der Waals surface area contributed by atoms with Crippen LogP contribution in [0.2, 0.25) is 0 Å². The smallest absolute Gasteiger partial charge is 0.248 e. The van der Waals surface area contributed by atoms with E-state index < -0.39 is 0 Å². The van der Waals surface area contributed by atoms with Crippen LogP contribution < -0.4 is 0 Å². The lowest BCUT2D eigenvalue weighted by Gasteiger charge is -2.01. The lowest BCUT2D eigenvalue weighted by Crippen LogP contribution is -2.04. The number of halogens is 3. The summed E-state index contributed by atoms with van der Waals surface area (Å²) >= 11 is 9.80. The molecule has 0 aliphatic heterocycles. The van der Waals surface area contributed by atoms with E-state index in [1.807, 2.05) is 0 Å². The summed E-state index contributed by atoms with van der Waals surface area (Å²) in [5, 5.41) is 0. The monoisotopic (exact) mass is 407 g/mol. The second-order valence-electron chi connectivity index (χ2n) is 2.91. The summed E-state index contributed by atoms with van der Waals surface area (Å²) < 4.78 is 7.14. The highest BCUT2D eigenvalue weighted by Gasteiger charge is 2.20. The Morgan fingerprint density at radius 2 is 2.00 bits per heavy atom. The minimum atomic E-state index is -0.267. The minimum absolute atomic E-state index is 0.246. The van der Waals surface area contributed by atoms with Crippen LogP contribution in [0.4, 0.5) is 0 Å². The van der Waals surface area contributed by atoms with E-state index in [0.717, 1.165) is 4.47 Å². The Bertz CT molecular complexity index is 551. The Morgan fingerprint density at radius 1 is 1.25 bits per heavy atom. The molecular formula is C10H4Br3NO2. The van der Waals surface area contributed by atoms with E-state index in [0.29, 0.717) is 14.6 Å². The molecule has 0 spiro atoms. The summed E-state index contributed by atoms with van der Waals surface area (Å²) in [5.74, 6) is -0.0215. The largest absolute Gasteiger partial charge is 0.460 e. The number of furan rings is 1. The summed E-state index contributed by atoms with van der Waals surface area (Å²) in [6.07, 6.45) is 3.01. The van der Waals surface area contributed by atoms with Crippen molar-refractivity contribution in [2.24, 2.45) is 0 Å². The minimum Gasteiger partial charge on any atom is -0.460 e. The summed E-state index contributed by atoms with van der Waals surface area (Å²) in [6, 6.07) is 3.43. The lowest BCUT2D eigenvalue weighted by molar-refractivity contribution is 0.100. The molecule has 0 bridgehead atoms. The molecule has 2 aromatic rings. The van der Waals surface area contributed by atoms with Gasteiger partial charge >= 0.3 is 0 Å². The maximum atomic E-state index is 12.0. The molecule has 0 radical (unpaired) electrons. The zero-order valence-corrected chi connectivity index (χ0v) is 12.5. The normalized spacial score (nSPS) is 10.4. The van der Waals surface area contributed by atoms with Crippen molar-refractivity contribution in [3.63, 3.8) is 0 Å². The van der Waals surface area contributed by atoms with Gasteiger partial charge in [-0.15, -0.1) is 0 Å². The molecule has 0 atom stereocenters. The molecule has 0 saturated carbocycles. The SMILES string of the molecule is O=C(c1ncc(Br)cc1Br)c1occc1Br. The first-order chi connectivity index (χ1) is 7.59. The van der Waals surface area contributed by atoms with Crippen molar-refractivity contribution in [3.8, 4) is 0 Å². The summed E-state index contributed by atoms with van der Waals surface area (Å²) in [5.41, 5.74) is 0.318. The number of ketones is 1. The molecule has 0 aliphatic carbocycles. The van der Waals surface area contributed by atoms with Crippen molar-refractivity contribution >= 4 is 53.6 Å². The van der Waals surface area contributed by atoms with Crippen LogP contribution in [-0.2, 0) is 0 Å². The molecule has 0 aliphatic rings. The van der Waals surface area contributed by atoms with Crippen LogP contribution in [0.5, 0.6) is 0 Å². The first-order valence-electron chi connectivity index (χ1n) is 4.18. The fourth-order valence-corrected chi connectivity index (χ4v) is 2.69. The maximum absolute atomic E-state index is 12.0. The predicted molar refractivity (Wildman–Crippen MR) is 69.5 cm³/mol. The van der Waals surface area contributed by atoms with Crippen molar-refractivity contribution in [2.75, 3.05) is 0 Å². The van der Waals surface area contributed by atoms with Crippen LogP contribution in [0.25, 0.3) is 0 Å². The number of pyridine rings is 1. The van der Waals surface area contributed by atoms with Gasteiger partial charge in [0.05, 0.1) is 10.7 Å². The van der Waals surface area contributed by atoms with Crippen molar-refractivity contribution in [1.29, 1.82) is 0 Å². The molecule has 0 unspecified atom stereocenters. The fraction of sp³-hybridized carbons (Fsp3) is 0. The lowest BCUT2D eigenvalue weighted by atomic mass is 10.2. The van der Waals surface area contributed by atoms with Crippen molar-refractivity contribution < 1.29 is 9.21 Å². The molecule has 2 heterocycles.